The number of hydrogen-bond acceptors (Lipinski definition) is 3. The monoisotopic (exact) mass is 316 g/mol. The van der Waals surface area contributed by atoms with Crippen molar-refractivity contribution >= 4 is 22.9 Å². The van der Waals surface area contributed by atoms with E-state index in [-0.39, 0.29) is 5.41 Å². The summed E-state index contributed by atoms with van der Waals surface area (Å²) in [6.45, 7) is 4.50. The molecule has 0 spiro atoms. The van der Waals surface area contributed by atoms with Gasteiger partial charge < -0.3 is 4.90 Å². The number of hydrogen-bond donors (Lipinski definition) is 0. The van der Waals surface area contributed by atoms with Gasteiger partial charge in [-0.25, -0.2) is 9.66 Å². The molecule has 4 heteroatoms. The number of allylic oxidation sites excluding steroid dienone is 2. The molecule has 0 fully saturated rings. The van der Waals surface area contributed by atoms with E-state index < -0.39 is 0 Å². The Morgan fingerprint density at radius 1 is 1.04 bits per heavy atom. The fraction of sp³-hybridized carbons (Fsp3) is 0.200. The topological polar surface area (TPSA) is 33.4 Å². The van der Waals surface area contributed by atoms with Gasteiger partial charge in [0.15, 0.2) is 0 Å². The molecule has 0 aliphatic carbocycles. The summed E-state index contributed by atoms with van der Waals surface area (Å²) in [6, 6.07) is 16.5. The molecular weight excluding hydrogens is 296 g/mol. The second-order valence-electron chi connectivity index (χ2n) is 6.60. The fourth-order valence-corrected chi connectivity index (χ4v) is 3.52. The normalized spacial score (nSPS) is 18.0. The SMILES string of the molecule is CN1C(=CC=Nn2cnc3ccccc32)C(C)(C)c2ccccc21. The molecule has 0 amide bonds. The van der Waals surface area contributed by atoms with Gasteiger partial charge in [0.25, 0.3) is 0 Å². The summed E-state index contributed by atoms with van der Waals surface area (Å²) < 4.78 is 1.81. The van der Waals surface area contributed by atoms with Gasteiger partial charge in [0, 0.05) is 30.1 Å². The summed E-state index contributed by atoms with van der Waals surface area (Å²) in [4.78, 5) is 6.61. The Labute approximate surface area is 141 Å². The number of anilines is 1. The zero-order valence-electron chi connectivity index (χ0n) is 14.1. The van der Waals surface area contributed by atoms with Crippen molar-refractivity contribution in [1.29, 1.82) is 0 Å². The molecule has 0 N–H and O–H groups in total. The van der Waals surface area contributed by atoms with E-state index in [0.717, 1.165) is 11.0 Å². The van der Waals surface area contributed by atoms with Crippen LogP contribution in [0.2, 0.25) is 0 Å². The fourth-order valence-electron chi connectivity index (χ4n) is 3.52. The Bertz CT molecular complexity index is 962. The molecule has 0 atom stereocenters. The summed E-state index contributed by atoms with van der Waals surface area (Å²) in [5, 5.41) is 4.55. The van der Waals surface area contributed by atoms with Crippen LogP contribution < -0.4 is 4.90 Å². The lowest BCUT2D eigenvalue weighted by atomic mass is 9.84. The van der Waals surface area contributed by atoms with E-state index in [4.69, 9.17) is 0 Å². The van der Waals surface area contributed by atoms with E-state index in [2.05, 4.69) is 66.2 Å². The molecule has 0 radical (unpaired) electrons. The van der Waals surface area contributed by atoms with Crippen LogP contribution in [0.3, 0.4) is 0 Å². The highest BCUT2D eigenvalue weighted by atomic mass is 15.4. The Morgan fingerprint density at radius 2 is 1.79 bits per heavy atom. The van der Waals surface area contributed by atoms with Crippen LogP contribution in [0.5, 0.6) is 0 Å². The van der Waals surface area contributed by atoms with E-state index in [1.165, 1.54) is 16.9 Å². The Morgan fingerprint density at radius 3 is 2.62 bits per heavy atom. The molecule has 2 aromatic carbocycles. The molecule has 0 saturated carbocycles. The van der Waals surface area contributed by atoms with Gasteiger partial charge in [0.1, 0.15) is 6.33 Å². The molecule has 1 aliphatic rings. The number of rotatable bonds is 2. The summed E-state index contributed by atoms with van der Waals surface area (Å²) in [5.41, 5.74) is 5.77. The van der Waals surface area contributed by atoms with Crippen LogP contribution in [0.25, 0.3) is 11.0 Å². The van der Waals surface area contributed by atoms with Crippen molar-refractivity contribution < 1.29 is 0 Å². The zero-order valence-corrected chi connectivity index (χ0v) is 14.1. The molecule has 1 aliphatic heterocycles. The second-order valence-corrected chi connectivity index (χ2v) is 6.60. The van der Waals surface area contributed by atoms with Crippen LogP contribution in [0.15, 0.2) is 71.7 Å². The molecule has 2 heterocycles. The highest BCUT2D eigenvalue weighted by molar-refractivity contribution is 5.80. The molecule has 0 unspecified atom stereocenters. The number of fused-ring (bicyclic) bond motifs is 2. The van der Waals surface area contributed by atoms with Gasteiger partial charge in [-0.15, -0.1) is 0 Å². The summed E-state index contributed by atoms with van der Waals surface area (Å²) in [7, 11) is 2.11. The average molecular weight is 316 g/mol. The number of imidazole rings is 1. The standard InChI is InChI=1S/C20H20N4/c1-20(2)15-8-4-6-10-17(15)23(3)19(20)12-13-22-24-14-21-16-9-5-7-11-18(16)24/h4-14H,1-3H3. The first-order valence-electron chi connectivity index (χ1n) is 8.09. The number of likely N-dealkylation sites (N-methyl/N-ethyl adjacent to an activating group) is 1. The zero-order chi connectivity index (χ0) is 16.7. The predicted octanol–water partition coefficient (Wildman–Crippen LogP) is 4.18. The molecule has 4 rings (SSSR count). The van der Waals surface area contributed by atoms with Gasteiger partial charge in [-0.1, -0.05) is 44.2 Å². The molecule has 4 nitrogen and oxygen atoms in total. The third-order valence-corrected chi connectivity index (χ3v) is 4.80. The van der Waals surface area contributed by atoms with Crippen LogP contribution in [-0.2, 0) is 5.41 Å². The van der Waals surface area contributed by atoms with E-state index in [0.29, 0.717) is 0 Å². The van der Waals surface area contributed by atoms with Crippen LogP contribution >= 0.6 is 0 Å². The molecule has 1 aromatic heterocycles. The van der Waals surface area contributed by atoms with Crippen LogP contribution in [0.1, 0.15) is 19.4 Å². The first kappa shape index (κ1) is 14.7. The Hall–Kier alpha value is -2.88. The van der Waals surface area contributed by atoms with Gasteiger partial charge in [-0.3, -0.25) is 0 Å². The highest BCUT2D eigenvalue weighted by Crippen LogP contribution is 2.46. The van der Waals surface area contributed by atoms with Crippen LogP contribution in [-0.4, -0.2) is 22.9 Å². The van der Waals surface area contributed by atoms with Crippen LogP contribution in [0.4, 0.5) is 5.69 Å². The Kier molecular flexibility index (Phi) is 3.27. The molecule has 24 heavy (non-hydrogen) atoms. The van der Waals surface area contributed by atoms with Gasteiger partial charge in [-0.2, -0.15) is 5.10 Å². The molecule has 3 aromatic rings. The molecule has 120 valence electrons. The predicted molar refractivity (Wildman–Crippen MR) is 99.6 cm³/mol. The third kappa shape index (κ3) is 2.14. The maximum Gasteiger partial charge on any atom is 0.118 e. The summed E-state index contributed by atoms with van der Waals surface area (Å²) in [5.74, 6) is 0. The maximum atomic E-state index is 4.55. The van der Waals surface area contributed by atoms with E-state index in [9.17, 15) is 0 Å². The number of benzene rings is 2. The minimum Gasteiger partial charge on any atom is -0.347 e. The van der Waals surface area contributed by atoms with E-state index >= 15 is 0 Å². The van der Waals surface area contributed by atoms with Gasteiger partial charge in [-0.05, 0) is 29.8 Å². The van der Waals surface area contributed by atoms with Gasteiger partial charge in [0.2, 0.25) is 0 Å². The first-order chi connectivity index (χ1) is 11.6. The third-order valence-electron chi connectivity index (χ3n) is 4.80. The van der Waals surface area contributed by atoms with Crippen LogP contribution in [0, 0.1) is 0 Å². The lowest BCUT2D eigenvalue weighted by molar-refractivity contribution is 0.641. The minimum atomic E-state index is -0.0334. The molecule has 0 bridgehead atoms. The lowest BCUT2D eigenvalue weighted by Crippen LogP contribution is -2.23. The smallest absolute Gasteiger partial charge is 0.118 e. The largest absolute Gasteiger partial charge is 0.347 e. The van der Waals surface area contributed by atoms with Crippen molar-refractivity contribution in [1.82, 2.24) is 9.66 Å². The lowest BCUT2D eigenvalue weighted by Gasteiger charge is -2.23. The number of nitrogens with zero attached hydrogens (tertiary/aromatic N) is 4. The second kappa shape index (κ2) is 5.34. The van der Waals surface area contributed by atoms with Crippen molar-refractivity contribution in [3.63, 3.8) is 0 Å². The Balaban J connectivity index is 1.69. The number of para-hydroxylation sites is 3. The summed E-state index contributed by atoms with van der Waals surface area (Å²) >= 11 is 0. The van der Waals surface area contributed by atoms with Crippen molar-refractivity contribution in [3.8, 4) is 0 Å². The van der Waals surface area contributed by atoms with Crippen molar-refractivity contribution in [2.24, 2.45) is 5.10 Å². The quantitative estimate of drug-likeness (QED) is 0.665. The summed E-state index contributed by atoms with van der Waals surface area (Å²) in [6.07, 6.45) is 5.69. The first-order valence-corrected chi connectivity index (χ1v) is 8.09. The molecular formula is C20H20N4. The number of aromatic nitrogens is 2. The molecule has 0 saturated heterocycles. The van der Waals surface area contributed by atoms with Gasteiger partial charge >= 0.3 is 0 Å². The maximum absolute atomic E-state index is 4.55. The highest BCUT2D eigenvalue weighted by Gasteiger charge is 2.37. The van der Waals surface area contributed by atoms with Crippen molar-refractivity contribution in [2.45, 2.75) is 19.3 Å². The van der Waals surface area contributed by atoms with E-state index in [1.807, 2.05) is 35.2 Å². The van der Waals surface area contributed by atoms with E-state index in [1.54, 1.807) is 6.33 Å². The average Bonchev–Trinajstić information content (AvgIpc) is 3.08. The minimum absolute atomic E-state index is 0.0334. The van der Waals surface area contributed by atoms with Crippen molar-refractivity contribution in [2.75, 3.05) is 11.9 Å². The van der Waals surface area contributed by atoms with Crippen molar-refractivity contribution in [3.05, 3.63) is 72.2 Å². The van der Waals surface area contributed by atoms with Gasteiger partial charge in [0.05, 0.1) is 11.0 Å².